The third kappa shape index (κ3) is 6.46. The highest BCUT2D eigenvalue weighted by Gasteiger charge is 2.31. The van der Waals surface area contributed by atoms with Gasteiger partial charge in [-0.3, -0.25) is 4.79 Å². The van der Waals surface area contributed by atoms with Crippen LogP contribution in [0.4, 0.5) is 13.2 Å². The molecule has 0 aromatic heterocycles. The lowest BCUT2D eigenvalue weighted by molar-refractivity contribution is -0.274. The number of amides is 1. The van der Waals surface area contributed by atoms with Crippen molar-refractivity contribution < 1.29 is 22.7 Å². The standard InChI is InChI=1S/C13H18F3N3O2/c1-19(2)7-6-18-11(12(17)20)9-4-3-5-10(8-9)21-13(14,15)16/h3-5,8,11,18H,6-7H2,1-2H3,(H2,17,20). The predicted molar refractivity (Wildman–Crippen MR) is 71.6 cm³/mol. The third-order valence-electron chi connectivity index (χ3n) is 2.62. The molecular weight excluding hydrogens is 287 g/mol. The van der Waals surface area contributed by atoms with E-state index in [0.717, 1.165) is 12.1 Å². The minimum atomic E-state index is -4.78. The fraction of sp³-hybridized carbons (Fsp3) is 0.462. The summed E-state index contributed by atoms with van der Waals surface area (Å²) in [6.07, 6.45) is -4.78. The van der Waals surface area contributed by atoms with Gasteiger partial charge >= 0.3 is 6.36 Å². The van der Waals surface area contributed by atoms with Crippen LogP contribution in [-0.2, 0) is 4.79 Å². The highest BCUT2D eigenvalue weighted by atomic mass is 19.4. The molecule has 0 spiro atoms. The van der Waals surface area contributed by atoms with Crippen molar-refractivity contribution in [3.8, 4) is 5.75 Å². The first-order chi connectivity index (χ1) is 9.69. The maximum atomic E-state index is 12.2. The fourth-order valence-corrected chi connectivity index (χ4v) is 1.71. The number of alkyl halides is 3. The van der Waals surface area contributed by atoms with E-state index in [0.29, 0.717) is 18.7 Å². The van der Waals surface area contributed by atoms with Crippen molar-refractivity contribution in [2.24, 2.45) is 5.73 Å². The van der Waals surface area contributed by atoms with Crippen LogP contribution in [0.15, 0.2) is 24.3 Å². The number of ether oxygens (including phenoxy) is 1. The summed E-state index contributed by atoms with van der Waals surface area (Å²) in [5.41, 5.74) is 5.61. The van der Waals surface area contributed by atoms with Crippen molar-refractivity contribution in [1.29, 1.82) is 0 Å². The zero-order chi connectivity index (χ0) is 16.0. The summed E-state index contributed by atoms with van der Waals surface area (Å²) < 4.78 is 40.4. The molecule has 1 aromatic rings. The number of nitrogens with one attached hydrogen (secondary N) is 1. The average Bonchev–Trinajstić information content (AvgIpc) is 2.32. The number of rotatable bonds is 7. The number of hydrogen-bond donors (Lipinski definition) is 2. The molecule has 3 N–H and O–H groups in total. The van der Waals surface area contributed by atoms with Crippen LogP contribution in [0.25, 0.3) is 0 Å². The van der Waals surface area contributed by atoms with Crippen molar-refractivity contribution in [2.45, 2.75) is 12.4 Å². The molecule has 0 aliphatic rings. The first-order valence-corrected chi connectivity index (χ1v) is 6.22. The van der Waals surface area contributed by atoms with Crippen LogP contribution in [0.3, 0.4) is 0 Å². The van der Waals surface area contributed by atoms with Crippen molar-refractivity contribution in [3.05, 3.63) is 29.8 Å². The summed E-state index contributed by atoms with van der Waals surface area (Å²) in [7, 11) is 3.72. The number of hydrogen-bond acceptors (Lipinski definition) is 4. The van der Waals surface area contributed by atoms with Crippen LogP contribution in [0.2, 0.25) is 0 Å². The Morgan fingerprint density at radius 2 is 2.10 bits per heavy atom. The molecule has 1 atom stereocenters. The Morgan fingerprint density at radius 1 is 1.43 bits per heavy atom. The Morgan fingerprint density at radius 3 is 2.62 bits per heavy atom. The van der Waals surface area contributed by atoms with E-state index in [2.05, 4.69) is 10.1 Å². The predicted octanol–water partition coefficient (Wildman–Crippen LogP) is 1.26. The van der Waals surface area contributed by atoms with Gasteiger partial charge < -0.3 is 20.7 Å². The molecular formula is C13H18F3N3O2. The summed E-state index contributed by atoms with van der Waals surface area (Å²) in [5.74, 6) is -1.06. The van der Waals surface area contributed by atoms with Crippen molar-refractivity contribution in [1.82, 2.24) is 10.2 Å². The molecule has 1 aromatic carbocycles. The number of carbonyl (C=O) groups is 1. The Labute approximate surface area is 120 Å². The molecule has 1 unspecified atom stereocenters. The van der Waals surface area contributed by atoms with E-state index in [9.17, 15) is 18.0 Å². The summed E-state index contributed by atoms with van der Waals surface area (Å²) in [6, 6.07) is 4.32. The molecule has 118 valence electrons. The largest absolute Gasteiger partial charge is 0.573 e. The molecule has 0 heterocycles. The number of carbonyl (C=O) groups excluding carboxylic acids is 1. The van der Waals surface area contributed by atoms with Gasteiger partial charge in [0, 0.05) is 13.1 Å². The van der Waals surface area contributed by atoms with Crippen LogP contribution in [0.5, 0.6) is 5.75 Å². The lowest BCUT2D eigenvalue weighted by Gasteiger charge is -2.18. The van der Waals surface area contributed by atoms with E-state index < -0.39 is 18.3 Å². The number of nitrogens with two attached hydrogens (primary N) is 1. The number of halogens is 3. The van der Waals surface area contributed by atoms with Gasteiger partial charge in [0.05, 0.1) is 0 Å². The Balaban J connectivity index is 2.83. The highest BCUT2D eigenvalue weighted by molar-refractivity contribution is 5.81. The summed E-state index contributed by atoms with van der Waals surface area (Å²) in [5, 5.41) is 2.90. The number of primary amides is 1. The van der Waals surface area contributed by atoms with Crippen LogP contribution >= 0.6 is 0 Å². The Bertz CT molecular complexity index is 478. The molecule has 5 nitrogen and oxygen atoms in total. The second-order valence-corrected chi connectivity index (χ2v) is 4.71. The minimum absolute atomic E-state index is 0.322. The fourth-order valence-electron chi connectivity index (χ4n) is 1.71. The van der Waals surface area contributed by atoms with Gasteiger partial charge in [0.15, 0.2) is 0 Å². The average molecular weight is 305 g/mol. The lowest BCUT2D eigenvalue weighted by Crippen LogP contribution is -2.37. The van der Waals surface area contributed by atoms with E-state index in [1.165, 1.54) is 12.1 Å². The van der Waals surface area contributed by atoms with E-state index >= 15 is 0 Å². The molecule has 0 fully saturated rings. The molecule has 0 radical (unpaired) electrons. The van der Waals surface area contributed by atoms with Crippen LogP contribution < -0.4 is 15.8 Å². The first-order valence-electron chi connectivity index (χ1n) is 6.22. The number of nitrogens with zero attached hydrogens (tertiary/aromatic N) is 1. The number of likely N-dealkylation sites (N-methyl/N-ethyl adjacent to an activating group) is 1. The normalized spacial score (nSPS) is 13.2. The lowest BCUT2D eigenvalue weighted by atomic mass is 10.1. The second-order valence-electron chi connectivity index (χ2n) is 4.71. The minimum Gasteiger partial charge on any atom is -0.406 e. The summed E-state index contributed by atoms with van der Waals surface area (Å²) in [4.78, 5) is 13.4. The molecule has 0 saturated heterocycles. The van der Waals surface area contributed by atoms with Gasteiger partial charge in [-0.15, -0.1) is 13.2 Å². The molecule has 0 bridgehead atoms. The molecule has 0 aliphatic carbocycles. The SMILES string of the molecule is CN(C)CCNC(C(N)=O)c1cccc(OC(F)(F)F)c1. The van der Waals surface area contributed by atoms with Gasteiger partial charge in [0.25, 0.3) is 0 Å². The van der Waals surface area contributed by atoms with Crippen molar-refractivity contribution in [2.75, 3.05) is 27.2 Å². The summed E-state index contributed by atoms with van der Waals surface area (Å²) >= 11 is 0. The van der Waals surface area contributed by atoms with Gasteiger partial charge in [0.1, 0.15) is 11.8 Å². The van der Waals surface area contributed by atoms with E-state index in [1.54, 1.807) is 0 Å². The van der Waals surface area contributed by atoms with E-state index in [4.69, 9.17) is 5.73 Å². The molecule has 0 aliphatic heterocycles. The monoisotopic (exact) mass is 305 g/mol. The maximum Gasteiger partial charge on any atom is 0.573 e. The first kappa shape index (κ1) is 17.3. The van der Waals surface area contributed by atoms with Crippen molar-refractivity contribution in [3.63, 3.8) is 0 Å². The molecule has 1 amide bonds. The van der Waals surface area contributed by atoms with Gasteiger partial charge in [0.2, 0.25) is 5.91 Å². The van der Waals surface area contributed by atoms with E-state index in [-0.39, 0.29) is 5.75 Å². The van der Waals surface area contributed by atoms with Crippen LogP contribution in [0.1, 0.15) is 11.6 Å². The third-order valence-corrected chi connectivity index (χ3v) is 2.62. The highest BCUT2D eigenvalue weighted by Crippen LogP contribution is 2.25. The van der Waals surface area contributed by atoms with Crippen LogP contribution in [-0.4, -0.2) is 44.4 Å². The second kappa shape index (κ2) is 7.28. The summed E-state index contributed by atoms with van der Waals surface area (Å²) in [6.45, 7) is 1.12. The molecule has 1 rings (SSSR count). The van der Waals surface area contributed by atoms with E-state index in [1.807, 2.05) is 19.0 Å². The maximum absolute atomic E-state index is 12.2. The van der Waals surface area contributed by atoms with Gasteiger partial charge in [-0.25, -0.2) is 0 Å². The van der Waals surface area contributed by atoms with Crippen molar-refractivity contribution >= 4 is 5.91 Å². The Kier molecular flexibility index (Phi) is 5.98. The van der Waals surface area contributed by atoms with Gasteiger partial charge in [-0.1, -0.05) is 12.1 Å². The quantitative estimate of drug-likeness (QED) is 0.796. The topological polar surface area (TPSA) is 67.6 Å². The zero-order valence-corrected chi connectivity index (χ0v) is 11.8. The Hall–Kier alpha value is -1.80. The number of benzene rings is 1. The van der Waals surface area contributed by atoms with Crippen LogP contribution in [0, 0.1) is 0 Å². The molecule has 21 heavy (non-hydrogen) atoms. The van der Waals surface area contributed by atoms with Gasteiger partial charge in [-0.05, 0) is 31.8 Å². The smallest absolute Gasteiger partial charge is 0.406 e. The molecule has 8 heteroatoms. The molecule has 0 saturated carbocycles. The zero-order valence-electron chi connectivity index (χ0n) is 11.8. The van der Waals surface area contributed by atoms with Gasteiger partial charge in [-0.2, -0.15) is 0 Å².